The van der Waals surface area contributed by atoms with Gasteiger partial charge in [-0.1, -0.05) is 26.7 Å². The van der Waals surface area contributed by atoms with Crippen LogP contribution in [0.1, 0.15) is 58.8 Å². The maximum atomic E-state index is 11.9. The summed E-state index contributed by atoms with van der Waals surface area (Å²) >= 11 is 0. The number of aliphatic carboxylic acids is 1. The molecule has 0 aliphatic heterocycles. The molecule has 4 heteroatoms. The minimum atomic E-state index is -0.785. The number of amides is 1. The number of carboxylic acid groups (broad SMARTS) is 1. The van der Waals surface area contributed by atoms with Crippen LogP contribution in [0.25, 0.3) is 0 Å². The third-order valence-corrected chi connectivity index (χ3v) is 3.77. The Hall–Kier alpha value is -1.06. The van der Waals surface area contributed by atoms with Gasteiger partial charge in [0, 0.05) is 13.0 Å². The van der Waals surface area contributed by atoms with Crippen molar-refractivity contribution in [2.45, 2.75) is 58.8 Å². The SMILES string of the molecule is CC(C)CCNC(=O)CC1(CC(=O)O)CCCC1. The average Bonchev–Trinajstić information content (AvgIpc) is 2.64. The van der Waals surface area contributed by atoms with E-state index in [4.69, 9.17) is 5.11 Å². The van der Waals surface area contributed by atoms with Gasteiger partial charge in [-0.25, -0.2) is 0 Å². The van der Waals surface area contributed by atoms with Crippen molar-refractivity contribution >= 4 is 11.9 Å². The van der Waals surface area contributed by atoms with E-state index in [1.165, 1.54) is 0 Å². The van der Waals surface area contributed by atoms with Crippen LogP contribution in [0.3, 0.4) is 0 Å². The maximum Gasteiger partial charge on any atom is 0.303 e. The fourth-order valence-corrected chi connectivity index (χ4v) is 2.77. The topological polar surface area (TPSA) is 66.4 Å². The van der Waals surface area contributed by atoms with Crippen molar-refractivity contribution in [1.29, 1.82) is 0 Å². The Balaban J connectivity index is 2.41. The van der Waals surface area contributed by atoms with Crippen LogP contribution in [0.15, 0.2) is 0 Å². The van der Waals surface area contributed by atoms with Crippen molar-refractivity contribution < 1.29 is 14.7 Å². The molecule has 0 aromatic rings. The summed E-state index contributed by atoms with van der Waals surface area (Å²) in [5, 5.41) is 11.9. The Labute approximate surface area is 109 Å². The quantitative estimate of drug-likeness (QED) is 0.734. The van der Waals surface area contributed by atoms with Gasteiger partial charge in [0.15, 0.2) is 0 Å². The highest BCUT2D eigenvalue weighted by atomic mass is 16.4. The van der Waals surface area contributed by atoms with Crippen LogP contribution >= 0.6 is 0 Å². The molecular weight excluding hydrogens is 230 g/mol. The van der Waals surface area contributed by atoms with Crippen LogP contribution in [-0.4, -0.2) is 23.5 Å². The number of nitrogens with one attached hydrogen (secondary N) is 1. The number of rotatable bonds is 7. The molecule has 1 aliphatic rings. The first-order chi connectivity index (χ1) is 8.43. The number of carbonyl (C=O) groups is 2. The highest BCUT2D eigenvalue weighted by Gasteiger charge is 2.37. The van der Waals surface area contributed by atoms with Gasteiger partial charge < -0.3 is 10.4 Å². The Kier molecular flexibility index (Phi) is 5.63. The summed E-state index contributed by atoms with van der Waals surface area (Å²) in [6.07, 6.45) is 5.31. The molecule has 18 heavy (non-hydrogen) atoms. The van der Waals surface area contributed by atoms with Crippen LogP contribution in [0.2, 0.25) is 0 Å². The van der Waals surface area contributed by atoms with Gasteiger partial charge in [0.05, 0.1) is 6.42 Å². The van der Waals surface area contributed by atoms with Crippen LogP contribution in [-0.2, 0) is 9.59 Å². The molecule has 1 fully saturated rings. The van der Waals surface area contributed by atoms with E-state index in [1.807, 2.05) is 0 Å². The van der Waals surface area contributed by atoms with Gasteiger partial charge in [0.1, 0.15) is 0 Å². The predicted octanol–water partition coefficient (Wildman–Crippen LogP) is 2.57. The summed E-state index contributed by atoms with van der Waals surface area (Å²) in [4.78, 5) is 22.8. The standard InChI is InChI=1S/C14H25NO3/c1-11(2)5-8-15-12(16)9-14(10-13(17)18)6-3-4-7-14/h11H,3-10H2,1-2H3,(H,15,16)(H,17,18). The van der Waals surface area contributed by atoms with E-state index in [1.54, 1.807) is 0 Å². The molecule has 1 aliphatic carbocycles. The minimum Gasteiger partial charge on any atom is -0.481 e. The molecule has 0 heterocycles. The molecule has 0 aromatic carbocycles. The molecule has 2 N–H and O–H groups in total. The monoisotopic (exact) mass is 255 g/mol. The van der Waals surface area contributed by atoms with E-state index in [0.717, 1.165) is 32.1 Å². The zero-order valence-electron chi connectivity index (χ0n) is 11.5. The lowest BCUT2D eigenvalue weighted by atomic mass is 9.79. The highest BCUT2D eigenvalue weighted by molar-refractivity contribution is 5.78. The Morgan fingerprint density at radius 2 is 1.83 bits per heavy atom. The van der Waals surface area contributed by atoms with Crippen molar-refractivity contribution in [2.75, 3.05) is 6.54 Å². The van der Waals surface area contributed by atoms with E-state index < -0.39 is 5.97 Å². The van der Waals surface area contributed by atoms with Crippen molar-refractivity contribution in [3.63, 3.8) is 0 Å². The Morgan fingerprint density at radius 3 is 2.33 bits per heavy atom. The lowest BCUT2D eigenvalue weighted by Crippen LogP contribution is -2.32. The molecule has 0 radical (unpaired) electrons. The molecule has 0 bridgehead atoms. The van der Waals surface area contributed by atoms with Gasteiger partial charge in [-0.05, 0) is 30.6 Å². The van der Waals surface area contributed by atoms with Gasteiger partial charge in [-0.3, -0.25) is 9.59 Å². The first kappa shape index (κ1) is 15.0. The summed E-state index contributed by atoms with van der Waals surface area (Å²) < 4.78 is 0. The smallest absolute Gasteiger partial charge is 0.303 e. The van der Waals surface area contributed by atoms with E-state index in [-0.39, 0.29) is 17.7 Å². The summed E-state index contributed by atoms with van der Waals surface area (Å²) in [6, 6.07) is 0. The third kappa shape index (κ3) is 5.07. The van der Waals surface area contributed by atoms with E-state index in [2.05, 4.69) is 19.2 Å². The van der Waals surface area contributed by atoms with Crippen LogP contribution in [0.4, 0.5) is 0 Å². The number of hydrogen-bond acceptors (Lipinski definition) is 2. The zero-order chi connectivity index (χ0) is 13.6. The maximum absolute atomic E-state index is 11.9. The lowest BCUT2D eigenvalue weighted by Gasteiger charge is -2.26. The molecule has 104 valence electrons. The fourth-order valence-electron chi connectivity index (χ4n) is 2.77. The summed E-state index contributed by atoms with van der Waals surface area (Å²) in [6.45, 7) is 4.93. The second-order valence-electron chi connectivity index (χ2n) is 5.99. The number of carboxylic acids is 1. The summed E-state index contributed by atoms with van der Waals surface area (Å²) in [5.74, 6) is -0.199. The van der Waals surface area contributed by atoms with Gasteiger partial charge >= 0.3 is 5.97 Å². The minimum absolute atomic E-state index is 0.0128. The Bertz CT molecular complexity index is 293. The van der Waals surface area contributed by atoms with Crippen LogP contribution in [0, 0.1) is 11.3 Å². The fraction of sp³-hybridized carbons (Fsp3) is 0.857. The molecule has 0 atom stereocenters. The highest BCUT2D eigenvalue weighted by Crippen LogP contribution is 2.43. The van der Waals surface area contributed by atoms with E-state index >= 15 is 0 Å². The van der Waals surface area contributed by atoms with E-state index in [9.17, 15) is 9.59 Å². The molecule has 0 saturated heterocycles. The van der Waals surface area contributed by atoms with Crippen molar-refractivity contribution in [3.8, 4) is 0 Å². The molecule has 4 nitrogen and oxygen atoms in total. The second kappa shape index (κ2) is 6.76. The van der Waals surface area contributed by atoms with Gasteiger partial charge in [0.2, 0.25) is 5.91 Å². The van der Waals surface area contributed by atoms with Crippen molar-refractivity contribution in [3.05, 3.63) is 0 Å². The first-order valence-corrected chi connectivity index (χ1v) is 6.92. The molecule has 0 spiro atoms. The van der Waals surface area contributed by atoms with Gasteiger partial charge in [0.25, 0.3) is 0 Å². The molecule has 0 aromatic heterocycles. The first-order valence-electron chi connectivity index (χ1n) is 6.92. The largest absolute Gasteiger partial charge is 0.481 e. The van der Waals surface area contributed by atoms with Gasteiger partial charge in [-0.15, -0.1) is 0 Å². The van der Waals surface area contributed by atoms with Crippen LogP contribution < -0.4 is 5.32 Å². The second-order valence-corrected chi connectivity index (χ2v) is 5.99. The summed E-state index contributed by atoms with van der Waals surface area (Å²) in [7, 11) is 0. The zero-order valence-corrected chi connectivity index (χ0v) is 11.5. The molecule has 0 unspecified atom stereocenters. The average molecular weight is 255 g/mol. The van der Waals surface area contributed by atoms with Crippen molar-refractivity contribution in [2.24, 2.45) is 11.3 Å². The van der Waals surface area contributed by atoms with Crippen molar-refractivity contribution in [1.82, 2.24) is 5.32 Å². The van der Waals surface area contributed by atoms with E-state index in [0.29, 0.717) is 18.9 Å². The number of hydrogen-bond donors (Lipinski definition) is 2. The lowest BCUT2D eigenvalue weighted by molar-refractivity contribution is -0.140. The molecular formula is C14H25NO3. The predicted molar refractivity (Wildman–Crippen MR) is 70.2 cm³/mol. The molecule has 1 rings (SSSR count). The molecule has 1 saturated carbocycles. The third-order valence-electron chi connectivity index (χ3n) is 3.77. The van der Waals surface area contributed by atoms with Gasteiger partial charge in [-0.2, -0.15) is 0 Å². The Morgan fingerprint density at radius 1 is 1.22 bits per heavy atom. The van der Waals surface area contributed by atoms with Crippen LogP contribution in [0.5, 0.6) is 0 Å². The number of carbonyl (C=O) groups excluding carboxylic acids is 1. The molecule has 1 amide bonds. The normalized spacial score (nSPS) is 17.9. The summed E-state index contributed by atoms with van der Waals surface area (Å²) in [5.41, 5.74) is -0.284.